The largest absolute Gasteiger partial charge is 0.778 e. The first kappa shape index (κ1) is 60.2. The molecule has 9 heterocycles. The summed E-state index contributed by atoms with van der Waals surface area (Å²) in [6, 6.07) is 9.05. The number of aryl methyl sites for hydroxylation is 1. The number of aliphatic hydroxyl groups is 3. The highest BCUT2D eigenvalue weighted by Crippen LogP contribution is 2.68. The van der Waals surface area contributed by atoms with Crippen molar-refractivity contribution in [3.63, 3.8) is 0 Å². The minimum Gasteiger partial charge on any atom is -0.778 e. The highest BCUT2D eigenvalue weighted by atomic mass is 31.3. The quantitative estimate of drug-likeness (QED) is 0.0180. The molecular weight excluding hydrogens is 1190 g/mol. The highest BCUT2D eigenvalue weighted by Gasteiger charge is 2.55. The van der Waals surface area contributed by atoms with Crippen molar-refractivity contribution >= 4 is 82.3 Å². The zero-order chi connectivity index (χ0) is 59.5. The number of benzene rings is 1. The third-order valence-corrected chi connectivity index (χ3v) is 19.7. The molecule has 450 valence electrons. The van der Waals surface area contributed by atoms with E-state index >= 15 is 0 Å². The molecule has 3 saturated heterocycles. The Balaban J connectivity index is 0.826. The van der Waals surface area contributed by atoms with Gasteiger partial charge >= 0.3 is 29.1 Å². The van der Waals surface area contributed by atoms with E-state index in [1.54, 1.807) is 12.1 Å². The molecule has 3 aliphatic rings. The fourth-order valence-corrected chi connectivity index (χ4v) is 15.1. The minimum atomic E-state index is -6.24. The number of ether oxygens (including phenoxy) is 5. The van der Waals surface area contributed by atoms with Crippen molar-refractivity contribution in [2.24, 2.45) is 13.0 Å². The smallest absolute Gasteiger partial charge is 0.490 e. The zero-order valence-corrected chi connectivity index (χ0v) is 46.6. The summed E-state index contributed by atoms with van der Waals surface area (Å²) in [6.45, 7) is -3.16. The Morgan fingerprint density at radius 3 is 2.06 bits per heavy atom. The van der Waals surface area contributed by atoms with Crippen LogP contribution in [0.2, 0.25) is 0 Å². The van der Waals surface area contributed by atoms with Crippen molar-refractivity contribution in [2.75, 3.05) is 50.7 Å². The molecule has 5 unspecified atom stereocenters. The first-order valence-corrected chi connectivity index (χ1v) is 30.6. The topological polar surface area (TPSA) is 545 Å². The van der Waals surface area contributed by atoms with E-state index in [9.17, 15) is 62.7 Å². The number of hydrogen-bond acceptors (Lipinski definition) is 29. The Bertz CT molecular complexity index is 3850. The van der Waals surface area contributed by atoms with Crippen LogP contribution in [-0.2, 0) is 77.8 Å². The zero-order valence-electron chi connectivity index (χ0n) is 43.0. The lowest BCUT2D eigenvalue weighted by Crippen LogP contribution is -2.45. The van der Waals surface area contributed by atoms with E-state index in [2.05, 4.69) is 48.5 Å². The Kier molecular flexibility index (Phi) is 17.1. The highest BCUT2D eigenvalue weighted by molar-refractivity contribution is 7.66. The molecule has 1 aromatic carbocycles. The standard InChI is InChI=1S/C41H53N15O23P4/c1-53-17-56(34-25(53)36(61)52-41(44)50-34)37-26(57)19(8-9-71-10-18-6-4-3-5-7-18)20(75-37)11-73-81(64,65)78-83(68,69)79-82(66,67)74-13-22-30(29(70-2)39(77-22)54-15-47-23-31(42)45-14-46-32(23)54)80(62,63)72-12-21-27(58)28(59)38(76-21)55-16-48-24-33(55)49-40(43)51-35(24)60/h3-7,14-17,19-22,26-30,37-39,57-59H,8-13H2,1-2H3,(H11-,42,43,44,45,46,49,50,51,52,60,61,62,63,64,65,66,67,68,69)/t19-,20-,21-,22?,26-,27-,28-,29-,30-,37-,38-,39-/m1/s1. The summed E-state index contributed by atoms with van der Waals surface area (Å²) in [4.78, 5) is 101. The van der Waals surface area contributed by atoms with Gasteiger partial charge in [-0.05, 0) is 12.0 Å². The molecule has 16 atom stereocenters. The third-order valence-electron chi connectivity index (χ3n) is 13.6. The molecule has 3 fully saturated rings. The summed E-state index contributed by atoms with van der Waals surface area (Å²) in [5, 5.41) is 33.7. The van der Waals surface area contributed by atoms with Crippen molar-refractivity contribution < 1.29 is 104 Å². The van der Waals surface area contributed by atoms with Crippen molar-refractivity contribution in [3.05, 3.63) is 81.9 Å². The predicted molar refractivity (Wildman–Crippen MR) is 274 cm³/mol. The van der Waals surface area contributed by atoms with Crippen LogP contribution in [-0.4, -0.2) is 165 Å². The van der Waals surface area contributed by atoms with Crippen LogP contribution < -0.4 is 37.8 Å². The Morgan fingerprint density at radius 2 is 1.36 bits per heavy atom. The van der Waals surface area contributed by atoms with E-state index in [-0.39, 0.29) is 70.8 Å². The molecule has 0 radical (unpaired) electrons. The van der Waals surface area contributed by atoms with E-state index in [1.165, 1.54) is 27.1 Å². The number of anilines is 3. The lowest BCUT2D eigenvalue weighted by Gasteiger charge is -2.35. The molecule has 7 aromatic rings. The molecule has 0 amide bonds. The van der Waals surface area contributed by atoms with Gasteiger partial charge in [-0.3, -0.25) is 42.3 Å². The first-order valence-electron chi connectivity index (χ1n) is 24.5. The molecule has 0 saturated carbocycles. The molecule has 0 bridgehead atoms. The number of phosphoric ester groups is 2. The number of nitrogens with one attached hydrogen (secondary N) is 2. The average molecular weight is 1250 g/mol. The van der Waals surface area contributed by atoms with E-state index in [4.69, 9.17) is 54.5 Å². The average Bonchev–Trinajstić information content (AvgIpc) is 4.16. The maximum Gasteiger partial charge on any atom is 0.490 e. The maximum absolute atomic E-state index is 14.4. The van der Waals surface area contributed by atoms with Gasteiger partial charge in [0.1, 0.15) is 50.0 Å². The number of imidazole rings is 3. The summed E-state index contributed by atoms with van der Waals surface area (Å²) < 4.78 is 113. The van der Waals surface area contributed by atoms with Gasteiger partial charge in [0.25, 0.3) is 17.1 Å². The number of aromatic amines is 2. The van der Waals surface area contributed by atoms with E-state index in [0.29, 0.717) is 0 Å². The minimum absolute atomic E-state index is 0.00645. The Morgan fingerprint density at radius 1 is 0.735 bits per heavy atom. The summed E-state index contributed by atoms with van der Waals surface area (Å²) >= 11 is 0. The molecule has 0 aliphatic carbocycles. The van der Waals surface area contributed by atoms with Crippen LogP contribution in [0.15, 0.2) is 65.2 Å². The van der Waals surface area contributed by atoms with Crippen LogP contribution in [0.5, 0.6) is 0 Å². The molecule has 0 spiro atoms. The number of aromatic nitrogens is 12. The fraction of sp³-hybridized carbons (Fsp3) is 0.488. The number of hydrogen-bond donors (Lipinski definition) is 11. The third kappa shape index (κ3) is 12.5. The van der Waals surface area contributed by atoms with Crippen molar-refractivity contribution in [1.82, 2.24) is 53.6 Å². The van der Waals surface area contributed by atoms with Crippen LogP contribution in [0.3, 0.4) is 0 Å². The summed E-state index contributed by atoms with van der Waals surface area (Å²) in [5.74, 6) is -1.68. The van der Waals surface area contributed by atoms with Crippen molar-refractivity contribution in [1.29, 1.82) is 0 Å². The van der Waals surface area contributed by atoms with Gasteiger partial charge in [0.2, 0.25) is 17.7 Å². The Labute approximate surface area is 464 Å². The second-order valence-electron chi connectivity index (χ2n) is 19.0. The van der Waals surface area contributed by atoms with Crippen LogP contribution in [0, 0.1) is 5.92 Å². The monoisotopic (exact) mass is 1250 g/mol. The summed E-state index contributed by atoms with van der Waals surface area (Å²) in [5.41, 5.74) is 14.5. The molecule has 6 aromatic heterocycles. The lowest BCUT2D eigenvalue weighted by atomic mass is 9.95. The molecule has 83 heavy (non-hydrogen) atoms. The fourth-order valence-electron chi connectivity index (χ4n) is 9.90. The molecular formula is C41H53N15O23P4. The number of methoxy groups -OCH3 is 1. The number of H-pyrrole nitrogens is 2. The van der Waals surface area contributed by atoms with Gasteiger partial charge in [-0.2, -0.15) is 13.6 Å². The summed E-state index contributed by atoms with van der Waals surface area (Å²) in [6.07, 6.45) is -11.5. The number of rotatable bonds is 23. The molecule has 42 heteroatoms. The van der Waals surface area contributed by atoms with Crippen LogP contribution >= 0.6 is 31.1 Å². The second-order valence-corrected chi connectivity index (χ2v) is 25.5. The predicted octanol–water partition coefficient (Wildman–Crippen LogP) is -2.41. The number of nitrogens with two attached hydrogens (primary N) is 3. The van der Waals surface area contributed by atoms with Crippen molar-refractivity contribution in [2.45, 2.75) is 80.1 Å². The number of aliphatic hydroxyl groups excluding tert-OH is 3. The normalized spacial score (nSPS) is 28.6. The number of nitrogens with zero attached hydrogens (tertiary/aromatic N) is 10. The molecule has 38 nitrogen and oxygen atoms in total. The second kappa shape index (κ2) is 23.5. The van der Waals surface area contributed by atoms with E-state index in [1.807, 2.05) is 18.2 Å². The van der Waals surface area contributed by atoms with Gasteiger partial charge in [-0.1, -0.05) is 35.3 Å². The molecule has 14 N–H and O–H groups in total. The number of nitrogen functional groups attached to an aromatic ring is 3. The van der Waals surface area contributed by atoms with Gasteiger partial charge in [0.15, 0.2) is 41.4 Å². The van der Waals surface area contributed by atoms with Crippen molar-refractivity contribution in [3.8, 4) is 0 Å². The number of fused-ring (bicyclic) bond motifs is 3. The van der Waals surface area contributed by atoms with Gasteiger partial charge < -0.3 is 84.9 Å². The van der Waals surface area contributed by atoms with Crippen LogP contribution in [0.1, 0.15) is 30.7 Å². The first-order chi connectivity index (χ1) is 39.2. The van der Waals surface area contributed by atoms with E-state index < -0.39 is 135 Å². The maximum atomic E-state index is 14.4. The van der Waals surface area contributed by atoms with Gasteiger partial charge in [0.05, 0.1) is 64.0 Å². The summed E-state index contributed by atoms with van der Waals surface area (Å²) in [7, 11) is -21.1. The SMILES string of the molecule is CO[C@H]1[C@H](n2cnc3c(N)ncnc32)OC(COP(=O)(O)OP(=O)(O)OP(=O)(O)OC[C@H]2O[C@@H]([n+]3cn(C)c4c(=O)[nH]c(N)nc43)[C@H](O)[C@@H]2CCOCc2ccccc2)[C@H]1P(=O)([O-])OC[C@H]1O[C@@H](n2cnc3c(=O)[nH]c(N)nc32)[C@H](O)[C@@H]1O. The van der Waals surface area contributed by atoms with Crippen LogP contribution in [0.25, 0.3) is 33.5 Å². The van der Waals surface area contributed by atoms with Gasteiger partial charge in [-0.15, -0.1) is 0 Å². The lowest BCUT2D eigenvalue weighted by molar-refractivity contribution is -0.745. The molecule has 3 aliphatic heterocycles. The molecule has 10 rings (SSSR count). The van der Waals surface area contributed by atoms with Gasteiger partial charge in [-0.25, -0.2) is 38.2 Å². The van der Waals surface area contributed by atoms with Gasteiger partial charge in [0, 0.05) is 19.6 Å². The number of phosphoric acid groups is 3. The Hall–Kier alpha value is -5.89. The van der Waals surface area contributed by atoms with Crippen LogP contribution in [0.4, 0.5) is 17.7 Å². The van der Waals surface area contributed by atoms with E-state index in [0.717, 1.165) is 36.2 Å².